The van der Waals surface area contributed by atoms with E-state index >= 15 is 0 Å². The molecule has 0 radical (unpaired) electrons. The van der Waals surface area contributed by atoms with E-state index in [0.717, 1.165) is 16.7 Å². The molecule has 0 bridgehead atoms. The second kappa shape index (κ2) is 12.2. The number of rotatable bonds is 9. The van der Waals surface area contributed by atoms with Crippen LogP contribution in [0.15, 0.2) is 60.9 Å². The molecule has 1 aromatic heterocycles. The predicted octanol–water partition coefficient (Wildman–Crippen LogP) is 5.00. The lowest BCUT2D eigenvalue weighted by Crippen LogP contribution is -2.45. The molecule has 0 unspecified atom stereocenters. The highest BCUT2D eigenvalue weighted by atomic mass is 16.6. The maximum atomic E-state index is 12.5. The zero-order chi connectivity index (χ0) is 27.0. The second-order valence-electron chi connectivity index (χ2n) is 9.59. The number of aromatic nitrogens is 2. The quantitative estimate of drug-likeness (QED) is 0.405. The predicted molar refractivity (Wildman–Crippen MR) is 142 cm³/mol. The highest BCUT2D eigenvalue weighted by molar-refractivity contribution is 5.81. The molecule has 3 aromatic rings. The van der Waals surface area contributed by atoms with Crippen molar-refractivity contribution in [2.24, 2.45) is 0 Å². The third kappa shape index (κ3) is 8.49. The van der Waals surface area contributed by atoms with Crippen LogP contribution in [0.25, 0.3) is 11.1 Å². The molecule has 1 heterocycles. The largest absolute Gasteiger partial charge is 0.464 e. The van der Waals surface area contributed by atoms with Crippen molar-refractivity contribution in [1.82, 2.24) is 15.3 Å². The van der Waals surface area contributed by atoms with Gasteiger partial charge in [0.25, 0.3) is 0 Å². The molecule has 0 aliphatic heterocycles. The lowest BCUT2D eigenvalue weighted by molar-refractivity contribution is -0.145. The van der Waals surface area contributed by atoms with Gasteiger partial charge in [-0.25, -0.2) is 19.6 Å². The van der Waals surface area contributed by atoms with Crippen LogP contribution < -0.4 is 15.0 Å². The number of amides is 1. The van der Waals surface area contributed by atoms with E-state index in [1.807, 2.05) is 67.5 Å². The number of esters is 1. The number of ether oxygens (including phenoxy) is 3. The zero-order valence-electron chi connectivity index (χ0n) is 22.1. The number of benzene rings is 2. The van der Waals surface area contributed by atoms with Gasteiger partial charge < -0.3 is 24.4 Å². The minimum atomic E-state index is -0.898. The van der Waals surface area contributed by atoms with Crippen LogP contribution in [-0.2, 0) is 20.7 Å². The van der Waals surface area contributed by atoms with Crippen LogP contribution in [0.5, 0.6) is 11.5 Å². The Balaban J connectivity index is 1.69. The number of hydrogen-bond acceptors (Lipinski definition) is 8. The molecule has 1 amide bonds. The van der Waals surface area contributed by atoms with Crippen LogP contribution in [0.1, 0.15) is 33.3 Å². The maximum absolute atomic E-state index is 12.5. The molecule has 196 valence electrons. The average molecular weight is 507 g/mol. The Kier molecular flexibility index (Phi) is 9.05. The summed E-state index contributed by atoms with van der Waals surface area (Å²) in [5.41, 5.74) is 1.98. The van der Waals surface area contributed by atoms with Gasteiger partial charge in [0.1, 0.15) is 23.1 Å². The Bertz CT molecular complexity index is 1190. The van der Waals surface area contributed by atoms with Gasteiger partial charge in [-0.2, -0.15) is 0 Å². The normalized spacial score (nSPS) is 11.8. The van der Waals surface area contributed by atoms with Crippen molar-refractivity contribution in [3.8, 4) is 22.6 Å². The van der Waals surface area contributed by atoms with Gasteiger partial charge in [-0.3, -0.25) is 0 Å². The summed E-state index contributed by atoms with van der Waals surface area (Å²) in [6.07, 6.45) is 3.11. The number of carbonyl (C=O) groups is 2. The number of carbonyl (C=O) groups excluding carboxylic acids is 2. The summed E-state index contributed by atoms with van der Waals surface area (Å²) >= 11 is 0. The van der Waals surface area contributed by atoms with Gasteiger partial charge >= 0.3 is 12.1 Å². The molecule has 9 nitrogen and oxygen atoms in total. The summed E-state index contributed by atoms with van der Waals surface area (Å²) in [6.45, 7) is 7.19. The van der Waals surface area contributed by atoms with Crippen molar-refractivity contribution >= 4 is 18.0 Å². The van der Waals surface area contributed by atoms with Gasteiger partial charge in [-0.05, 0) is 63.1 Å². The van der Waals surface area contributed by atoms with Gasteiger partial charge in [-0.1, -0.05) is 24.3 Å². The van der Waals surface area contributed by atoms with Crippen LogP contribution in [0.4, 0.5) is 10.7 Å². The molecule has 0 aliphatic carbocycles. The Labute approximate surface area is 217 Å². The van der Waals surface area contributed by atoms with E-state index in [9.17, 15) is 9.59 Å². The molecular formula is C28H34N4O5. The van der Waals surface area contributed by atoms with Crippen LogP contribution in [0.3, 0.4) is 0 Å². The first-order valence-corrected chi connectivity index (χ1v) is 12.1. The van der Waals surface area contributed by atoms with Crippen LogP contribution in [0, 0.1) is 0 Å². The lowest BCUT2D eigenvalue weighted by Gasteiger charge is -2.23. The Morgan fingerprint density at radius 1 is 0.973 bits per heavy atom. The molecule has 0 saturated heterocycles. The van der Waals surface area contributed by atoms with Gasteiger partial charge in [0.05, 0.1) is 6.61 Å². The van der Waals surface area contributed by atoms with E-state index in [4.69, 9.17) is 14.2 Å². The number of anilines is 1. The van der Waals surface area contributed by atoms with Gasteiger partial charge in [-0.15, -0.1) is 0 Å². The Morgan fingerprint density at radius 3 is 2.24 bits per heavy atom. The third-order valence-electron chi connectivity index (χ3n) is 5.06. The molecule has 2 aromatic carbocycles. The summed E-state index contributed by atoms with van der Waals surface area (Å²) in [7, 11) is 3.79. The fourth-order valence-corrected chi connectivity index (χ4v) is 3.41. The monoisotopic (exact) mass is 506 g/mol. The highest BCUT2D eigenvalue weighted by Crippen LogP contribution is 2.26. The van der Waals surface area contributed by atoms with E-state index in [0.29, 0.717) is 17.4 Å². The Hall–Kier alpha value is -4.14. The summed E-state index contributed by atoms with van der Waals surface area (Å²) in [5.74, 6) is 1.37. The van der Waals surface area contributed by atoms with Crippen molar-refractivity contribution in [3.63, 3.8) is 0 Å². The van der Waals surface area contributed by atoms with Crippen molar-refractivity contribution in [2.75, 3.05) is 25.6 Å². The van der Waals surface area contributed by atoms with Crippen LogP contribution >= 0.6 is 0 Å². The third-order valence-corrected chi connectivity index (χ3v) is 5.06. The van der Waals surface area contributed by atoms with Gasteiger partial charge in [0, 0.05) is 38.5 Å². The fraction of sp³-hybridized carbons (Fsp3) is 0.357. The highest BCUT2D eigenvalue weighted by Gasteiger charge is 2.26. The Morgan fingerprint density at radius 2 is 1.65 bits per heavy atom. The van der Waals surface area contributed by atoms with E-state index in [1.54, 1.807) is 40.1 Å². The average Bonchev–Trinajstić information content (AvgIpc) is 2.83. The summed E-state index contributed by atoms with van der Waals surface area (Å²) in [5, 5.41) is 2.62. The van der Waals surface area contributed by atoms with Crippen LogP contribution in [-0.4, -0.2) is 54.4 Å². The molecular weight excluding hydrogens is 472 g/mol. The number of nitrogens with one attached hydrogen (secondary N) is 1. The summed E-state index contributed by atoms with van der Waals surface area (Å²) in [4.78, 5) is 35.3. The minimum absolute atomic E-state index is 0.205. The van der Waals surface area contributed by atoms with E-state index in [2.05, 4.69) is 15.3 Å². The van der Waals surface area contributed by atoms with Crippen molar-refractivity contribution in [1.29, 1.82) is 0 Å². The summed E-state index contributed by atoms with van der Waals surface area (Å²) < 4.78 is 16.5. The number of hydrogen-bond donors (Lipinski definition) is 1. The topological polar surface area (TPSA) is 103 Å². The number of nitrogens with zero attached hydrogens (tertiary/aromatic N) is 3. The molecule has 3 rings (SSSR count). The molecule has 37 heavy (non-hydrogen) atoms. The van der Waals surface area contributed by atoms with Crippen molar-refractivity contribution in [2.45, 2.75) is 45.8 Å². The molecule has 1 N–H and O–H groups in total. The first kappa shape index (κ1) is 27.4. The van der Waals surface area contributed by atoms with E-state index in [-0.39, 0.29) is 13.0 Å². The van der Waals surface area contributed by atoms with E-state index < -0.39 is 23.7 Å². The standard InChI is InChI=1S/C28H34N4O5/c1-7-35-25(33)24(31-27(34)37-28(2,3)4)16-19-9-8-10-23(15-19)36-22-13-11-20(12-14-22)21-17-29-26(30-18-21)32(5)6/h8-15,17-18,24H,7,16H2,1-6H3,(H,31,34)/t24-/m0/s1. The maximum Gasteiger partial charge on any atom is 0.408 e. The smallest absolute Gasteiger partial charge is 0.408 e. The van der Waals surface area contributed by atoms with Crippen molar-refractivity contribution < 1.29 is 23.8 Å². The molecule has 9 heteroatoms. The second-order valence-corrected chi connectivity index (χ2v) is 9.59. The lowest BCUT2D eigenvalue weighted by atomic mass is 10.1. The van der Waals surface area contributed by atoms with E-state index in [1.165, 1.54) is 0 Å². The number of alkyl carbamates (subject to hydrolysis) is 1. The SMILES string of the molecule is CCOC(=O)[C@H](Cc1cccc(Oc2ccc(-c3cnc(N(C)C)nc3)cc2)c1)NC(=O)OC(C)(C)C. The van der Waals surface area contributed by atoms with Gasteiger partial charge in [0.15, 0.2) is 0 Å². The van der Waals surface area contributed by atoms with Gasteiger partial charge in [0.2, 0.25) is 5.95 Å². The minimum Gasteiger partial charge on any atom is -0.464 e. The molecule has 0 saturated carbocycles. The van der Waals surface area contributed by atoms with Crippen LogP contribution in [0.2, 0.25) is 0 Å². The molecule has 0 fully saturated rings. The summed E-state index contributed by atoms with van der Waals surface area (Å²) in [6, 6.07) is 14.1. The zero-order valence-corrected chi connectivity index (χ0v) is 22.1. The first-order valence-electron chi connectivity index (χ1n) is 12.1. The molecule has 1 atom stereocenters. The van der Waals surface area contributed by atoms with Crippen molar-refractivity contribution in [3.05, 3.63) is 66.5 Å². The molecule has 0 aliphatic rings. The first-order chi connectivity index (χ1) is 17.5. The molecule has 0 spiro atoms. The fourth-order valence-electron chi connectivity index (χ4n) is 3.41.